The molecule has 142 valence electrons. The van der Waals surface area contributed by atoms with Gasteiger partial charge in [0.2, 0.25) is 5.91 Å². The van der Waals surface area contributed by atoms with Crippen molar-refractivity contribution in [2.75, 3.05) is 24.8 Å². The Hall–Kier alpha value is -2.54. The first kappa shape index (κ1) is 19.2. The van der Waals surface area contributed by atoms with Gasteiger partial charge in [0.25, 0.3) is 0 Å². The molecular formula is C20H20FNO4S. The van der Waals surface area contributed by atoms with Crippen molar-refractivity contribution in [3.05, 3.63) is 53.8 Å². The number of rotatable bonds is 6. The van der Waals surface area contributed by atoms with Crippen molar-refractivity contribution < 1.29 is 23.5 Å². The number of ether oxygens (including phenoxy) is 2. The van der Waals surface area contributed by atoms with Crippen LogP contribution in [0.1, 0.15) is 12.0 Å². The van der Waals surface area contributed by atoms with Crippen LogP contribution in [0.4, 0.5) is 10.1 Å². The van der Waals surface area contributed by atoms with E-state index in [2.05, 4.69) is 0 Å². The predicted octanol–water partition coefficient (Wildman–Crippen LogP) is 3.65. The third-order valence-electron chi connectivity index (χ3n) is 4.42. The van der Waals surface area contributed by atoms with E-state index >= 15 is 0 Å². The van der Waals surface area contributed by atoms with E-state index in [0.717, 1.165) is 10.6 Å². The van der Waals surface area contributed by atoms with Crippen LogP contribution in [-0.2, 0) is 20.9 Å². The number of hydrogen-bond donors (Lipinski definition) is 0. The Morgan fingerprint density at radius 1 is 1.30 bits per heavy atom. The molecule has 1 aliphatic rings. The van der Waals surface area contributed by atoms with Gasteiger partial charge in [0.1, 0.15) is 6.61 Å². The van der Waals surface area contributed by atoms with Gasteiger partial charge in [-0.1, -0.05) is 12.1 Å². The van der Waals surface area contributed by atoms with Crippen molar-refractivity contribution in [2.45, 2.75) is 17.9 Å². The molecule has 2 aromatic rings. The van der Waals surface area contributed by atoms with Crippen molar-refractivity contribution >= 4 is 29.3 Å². The number of carbonyl (C=O) groups is 2. The first-order valence-corrected chi connectivity index (χ1v) is 9.67. The van der Waals surface area contributed by atoms with Crippen LogP contribution in [0.5, 0.6) is 5.75 Å². The fourth-order valence-corrected chi connectivity index (χ4v) is 3.42. The molecule has 0 radical (unpaired) electrons. The van der Waals surface area contributed by atoms with Crippen LogP contribution >= 0.6 is 11.8 Å². The summed E-state index contributed by atoms with van der Waals surface area (Å²) < 4.78 is 23.9. The van der Waals surface area contributed by atoms with Gasteiger partial charge in [0.05, 0.1) is 13.0 Å². The Kier molecular flexibility index (Phi) is 6.01. The highest BCUT2D eigenvalue weighted by Gasteiger charge is 2.36. The molecule has 5 nitrogen and oxygen atoms in total. The topological polar surface area (TPSA) is 55.8 Å². The van der Waals surface area contributed by atoms with Crippen molar-refractivity contribution in [3.63, 3.8) is 0 Å². The van der Waals surface area contributed by atoms with Crippen LogP contribution in [0.3, 0.4) is 0 Å². The van der Waals surface area contributed by atoms with Gasteiger partial charge in [-0.25, -0.2) is 4.39 Å². The maximum atomic E-state index is 13.7. The lowest BCUT2D eigenvalue weighted by molar-refractivity contribution is -0.149. The van der Waals surface area contributed by atoms with Crippen molar-refractivity contribution in [2.24, 2.45) is 5.92 Å². The number of thioether (sulfide) groups is 1. The first-order chi connectivity index (χ1) is 13.0. The summed E-state index contributed by atoms with van der Waals surface area (Å²) >= 11 is 1.59. The Balaban J connectivity index is 1.61. The van der Waals surface area contributed by atoms with Crippen molar-refractivity contribution in [1.29, 1.82) is 0 Å². The van der Waals surface area contributed by atoms with Gasteiger partial charge >= 0.3 is 5.97 Å². The lowest BCUT2D eigenvalue weighted by Crippen LogP contribution is -2.26. The third-order valence-corrected chi connectivity index (χ3v) is 5.15. The number of benzene rings is 2. The highest BCUT2D eigenvalue weighted by Crippen LogP contribution is 2.29. The maximum absolute atomic E-state index is 13.7. The van der Waals surface area contributed by atoms with Crippen molar-refractivity contribution in [1.82, 2.24) is 0 Å². The van der Waals surface area contributed by atoms with Crippen LogP contribution in [0.2, 0.25) is 0 Å². The third kappa shape index (κ3) is 4.42. The molecule has 3 rings (SSSR count). The zero-order valence-electron chi connectivity index (χ0n) is 15.1. The van der Waals surface area contributed by atoms with E-state index in [1.54, 1.807) is 22.7 Å². The summed E-state index contributed by atoms with van der Waals surface area (Å²) in [5.41, 5.74) is 1.30. The van der Waals surface area contributed by atoms with Gasteiger partial charge in [-0.15, -0.1) is 11.8 Å². The molecule has 1 saturated heterocycles. The number of nitrogens with zero attached hydrogens (tertiary/aromatic N) is 1. The van der Waals surface area contributed by atoms with Gasteiger partial charge < -0.3 is 14.4 Å². The summed E-state index contributed by atoms with van der Waals surface area (Å²) in [6.07, 6.45) is 2.08. The van der Waals surface area contributed by atoms with E-state index in [-0.39, 0.29) is 31.2 Å². The highest BCUT2D eigenvalue weighted by atomic mass is 32.2. The number of esters is 1. The number of hydrogen-bond acceptors (Lipinski definition) is 5. The Labute approximate surface area is 161 Å². The lowest BCUT2D eigenvalue weighted by Gasteiger charge is -2.17. The zero-order chi connectivity index (χ0) is 19.4. The van der Waals surface area contributed by atoms with Crippen LogP contribution in [-0.4, -0.2) is 31.8 Å². The number of amides is 1. The maximum Gasteiger partial charge on any atom is 0.311 e. The SMILES string of the molecule is COc1ccc(COC(=O)[C@H]2CC(=O)N(c3cccc(SC)c3)C2)cc1F. The molecule has 1 atom stereocenters. The van der Waals surface area contributed by atoms with Crippen LogP contribution in [0.25, 0.3) is 0 Å². The lowest BCUT2D eigenvalue weighted by atomic mass is 10.1. The average molecular weight is 389 g/mol. The predicted molar refractivity (Wildman–Crippen MR) is 101 cm³/mol. The molecule has 0 bridgehead atoms. The largest absolute Gasteiger partial charge is 0.494 e. The second-order valence-electron chi connectivity index (χ2n) is 6.18. The molecule has 0 aliphatic carbocycles. The van der Waals surface area contributed by atoms with Crippen LogP contribution < -0.4 is 9.64 Å². The van der Waals surface area contributed by atoms with Gasteiger partial charge in [-0.05, 0) is 42.2 Å². The van der Waals surface area contributed by atoms with Gasteiger partial charge in [-0.2, -0.15) is 0 Å². The summed E-state index contributed by atoms with van der Waals surface area (Å²) in [5, 5.41) is 0. The smallest absolute Gasteiger partial charge is 0.311 e. The van der Waals surface area contributed by atoms with Gasteiger partial charge in [-0.3, -0.25) is 9.59 Å². The Morgan fingerprint density at radius 3 is 2.81 bits per heavy atom. The normalized spacial score (nSPS) is 16.5. The van der Waals surface area contributed by atoms with E-state index in [1.165, 1.54) is 19.2 Å². The zero-order valence-corrected chi connectivity index (χ0v) is 15.9. The van der Waals surface area contributed by atoms with E-state index in [9.17, 15) is 14.0 Å². The first-order valence-electron chi connectivity index (χ1n) is 8.45. The monoisotopic (exact) mass is 389 g/mol. The molecule has 0 N–H and O–H groups in total. The second kappa shape index (κ2) is 8.43. The number of halogens is 1. The summed E-state index contributed by atoms with van der Waals surface area (Å²) in [5.74, 6) is -1.47. The van der Waals surface area contributed by atoms with E-state index in [1.807, 2.05) is 30.5 Å². The number of methoxy groups -OCH3 is 1. The fraction of sp³-hybridized carbons (Fsp3) is 0.300. The molecule has 27 heavy (non-hydrogen) atoms. The molecular weight excluding hydrogens is 369 g/mol. The molecule has 1 fully saturated rings. The van der Waals surface area contributed by atoms with Crippen LogP contribution in [0, 0.1) is 11.7 Å². The average Bonchev–Trinajstić information content (AvgIpc) is 3.08. The molecule has 2 aromatic carbocycles. The summed E-state index contributed by atoms with van der Waals surface area (Å²) in [4.78, 5) is 27.3. The minimum absolute atomic E-state index is 0.0492. The fourth-order valence-electron chi connectivity index (χ4n) is 2.97. The van der Waals surface area contributed by atoms with Crippen molar-refractivity contribution in [3.8, 4) is 5.75 Å². The molecule has 0 aromatic heterocycles. The minimum Gasteiger partial charge on any atom is -0.494 e. The van der Waals surface area contributed by atoms with Gasteiger partial charge in [0.15, 0.2) is 11.6 Å². The van der Waals surface area contributed by atoms with Crippen LogP contribution in [0.15, 0.2) is 47.4 Å². The van der Waals surface area contributed by atoms with Gasteiger partial charge in [0, 0.05) is 23.5 Å². The van der Waals surface area contributed by atoms with E-state index in [0.29, 0.717) is 5.56 Å². The summed E-state index contributed by atoms with van der Waals surface area (Å²) in [6, 6.07) is 12.0. The molecule has 1 amide bonds. The minimum atomic E-state index is -0.529. The second-order valence-corrected chi connectivity index (χ2v) is 7.06. The number of anilines is 1. The summed E-state index contributed by atoms with van der Waals surface area (Å²) in [7, 11) is 1.38. The van der Waals surface area contributed by atoms with E-state index < -0.39 is 17.7 Å². The molecule has 0 spiro atoms. The number of carbonyl (C=O) groups excluding carboxylic acids is 2. The molecule has 0 saturated carbocycles. The highest BCUT2D eigenvalue weighted by molar-refractivity contribution is 7.98. The summed E-state index contributed by atoms with van der Waals surface area (Å²) in [6.45, 7) is 0.235. The standard InChI is InChI=1S/C20H20FNO4S/c1-25-18-7-6-13(8-17(18)21)12-26-20(24)14-9-19(23)22(11-14)15-4-3-5-16(10-15)27-2/h3-8,10,14H,9,11-12H2,1-2H3/t14-/m0/s1. The van der Waals surface area contributed by atoms with E-state index in [4.69, 9.17) is 9.47 Å². The molecule has 1 heterocycles. The molecule has 1 aliphatic heterocycles. The quantitative estimate of drug-likeness (QED) is 0.558. The Morgan fingerprint density at radius 2 is 2.11 bits per heavy atom. The Bertz CT molecular complexity index is 858. The molecule has 0 unspecified atom stereocenters. The molecule has 7 heteroatoms.